The number of amides is 1. The summed E-state index contributed by atoms with van der Waals surface area (Å²) < 4.78 is 43.4. The Labute approximate surface area is 153 Å². The Balaban J connectivity index is 2.15. The molecule has 0 fully saturated rings. The number of benzene rings is 2. The van der Waals surface area contributed by atoms with Crippen LogP contribution in [0.1, 0.15) is 11.1 Å². The first-order chi connectivity index (χ1) is 12.8. The predicted molar refractivity (Wildman–Crippen MR) is 94.4 cm³/mol. The molecule has 136 valence electrons. The Bertz CT molecular complexity index is 933. The van der Waals surface area contributed by atoms with Crippen molar-refractivity contribution in [1.82, 2.24) is 0 Å². The highest BCUT2D eigenvalue weighted by molar-refractivity contribution is 6.09. The highest BCUT2D eigenvalue weighted by atomic mass is 19.4. The first-order valence-electron chi connectivity index (χ1n) is 7.60. The summed E-state index contributed by atoms with van der Waals surface area (Å²) in [5, 5.41) is 11.5. The number of rotatable bonds is 5. The molecule has 0 bridgehead atoms. The molecule has 1 N–H and O–H groups in total. The lowest BCUT2D eigenvalue weighted by Gasteiger charge is -2.09. The zero-order valence-corrected chi connectivity index (χ0v) is 13.9. The van der Waals surface area contributed by atoms with E-state index in [1.807, 2.05) is 0 Å². The molecule has 0 saturated heterocycles. The van der Waals surface area contributed by atoms with E-state index in [9.17, 15) is 23.2 Å². The van der Waals surface area contributed by atoms with Gasteiger partial charge in [0.05, 0.1) is 5.56 Å². The Morgan fingerprint density at radius 3 is 2.52 bits per heavy atom. The van der Waals surface area contributed by atoms with E-state index in [0.717, 1.165) is 12.1 Å². The average molecular weight is 370 g/mol. The van der Waals surface area contributed by atoms with Crippen molar-refractivity contribution in [1.29, 1.82) is 5.26 Å². The number of halogens is 3. The fraction of sp³-hybridized carbons (Fsp3) is 0.100. The number of anilines is 1. The minimum Gasteiger partial charge on any atom is -0.481 e. The van der Waals surface area contributed by atoms with E-state index in [1.165, 1.54) is 18.2 Å². The summed E-state index contributed by atoms with van der Waals surface area (Å²) in [7, 11) is 0. The largest absolute Gasteiger partial charge is 0.481 e. The third-order valence-corrected chi connectivity index (χ3v) is 3.33. The first kappa shape index (κ1) is 19.6. The van der Waals surface area contributed by atoms with Crippen LogP contribution in [0.15, 0.2) is 54.1 Å². The van der Waals surface area contributed by atoms with Crippen molar-refractivity contribution in [2.45, 2.75) is 6.18 Å². The van der Waals surface area contributed by atoms with Gasteiger partial charge >= 0.3 is 6.18 Å². The minimum atomic E-state index is -4.53. The lowest BCUT2D eigenvalue weighted by atomic mass is 10.1. The average Bonchev–Trinajstić information content (AvgIpc) is 2.64. The highest BCUT2D eigenvalue weighted by Gasteiger charge is 2.30. The number of alkyl halides is 3. The van der Waals surface area contributed by atoms with Gasteiger partial charge in [-0.25, -0.2) is 0 Å². The highest BCUT2D eigenvalue weighted by Crippen LogP contribution is 2.30. The summed E-state index contributed by atoms with van der Waals surface area (Å²) in [4.78, 5) is 12.2. The Morgan fingerprint density at radius 2 is 1.93 bits per heavy atom. The van der Waals surface area contributed by atoms with E-state index < -0.39 is 17.6 Å². The number of nitriles is 1. The van der Waals surface area contributed by atoms with Crippen LogP contribution in [0.3, 0.4) is 0 Å². The van der Waals surface area contributed by atoms with E-state index in [4.69, 9.17) is 11.2 Å². The molecular weight excluding hydrogens is 357 g/mol. The van der Waals surface area contributed by atoms with Crippen LogP contribution in [-0.4, -0.2) is 12.5 Å². The monoisotopic (exact) mass is 370 g/mol. The molecule has 0 aliphatic heterocycles. The zero-order chi connectivity index (χ0) is 19.9. The molecule has 0 unspecified atom stereocenters. The van der Waals surface area contributed by atoms with Gasteiger partial charge in [-0.15, -0.1) is 6.42 Å². The third kappa shape index (κ3) is 5.65. The van der Waals surface area contributed by atoms with Crippen LogP contribution in [0.5, 0.6) is 5.75 Å². The number of ether oxygens (including phenoxy) is 1. The number of nitrogens with zero attached hydrogens (tertiary/aromatic N) is 1. The van der Waals surface area contributed by atoms with Crippen LogP contribution < -0.4 is 10.1 Å². The van der Waals surface area contributed by atoms with Crippen molar-refractivity contribution >= 4 is 17.7 Å². The molecule has 0 heterocycles. The fourth-order valence-electron chi connectivity index (χ4n) is 2.07. The maximum atomic E-state index is 12.7. The van der Waals surface area contributed by atoms with Gasteiger partial charge in [0.1, 0.15) is 24.0 Å². The molecule has 2 rings (SSSR count). The fourth-order valence-corrected chi connectivity index (χ4v) is 2.07. The van der Waals surface area contributed by atoms with Gasteiger partial charge in [-0.05, 0) is 42.0 Å². The number of terminal acetylenes is 1. The molecule has 0 aliphatic carbocycles. The lowest BCUT2D eigenvalue weighted by molar-refractivity contribution is -0.137. The molecular formula is C20H13F3N2O2. The van der Waals surface area contributed by atoms with Crippen molar-refractivity contribution in [2.75, 3.05) is 11.9 Å². The quantitative estimate of drug-likeness (QED) is 0.486. The summed E-state index contributed by atoms with van der Waals surface area (Å²) in [5.74, 6) is 2.03. The van der Waals surface area contributed by atoms with Gasteiger partial charge in [0.25, 0.3) is 5.91 Å². The summed E-state index contributed by atoms with van der Waals surface area (Å²) >= 11 is 0. The normalized spacial score (nSPS) is 11.2. The maximum absolute atomic E-state index is 12.7. The van der Waals surface area contributed by atoms with Gasteiger partial charge in [0.2, 0.25) is 0 Å². The second-order valence-corrected chi connectivity index (χ2v) is 5.26. The van der Waals surface area contributed by atoms with Crippen molar-refractivity contribution < 1.29 is 22.7 Å². The molecule has 27 heavy (non-hydrogen) atoms. The molecule has 2 aromatic rings. The van der Waals surface area contributed by atoms with Gasteiger partial charge in [-0.3, -0.25) is 4.79 Å². The Hall–Kier alpha value is -3.71. The van der Waals surface area contributed by atoms with Crippen molar-refractivity contribution in [2.24, 2.45) is 0 Å². The predicted octanol–water partition coefficient (Wildman–Crippen LogP) is 4.26. The molecule has 0 aromatic heterocycles. The molecule has 2 aromatic carbocycles. The van der Waals surface area contributed by atoms with Crippen molar-refractivity contribution in [3.05, 3.63) is 65.2 Å². The zero-order valence-electron chi connectivity index (χ0n) is 13.9. The van der Waals surface area contributed by atoms with Gasteiger partial charge < -0.3 is 10.1 Å². The van der Waals surface area contributed by atoms with Gasteiger partial charge in [-0.1, -0.05) is 24.1 Å². The molecule has 0 saturated carbocycles. The number of hydrogen-bond acceptors (Lipinski definition) is 3. The summed E-state index contributed by atoms with van der Waals surface area (Å²) in [5.41, 5.74) is -0.678. The van der Waals surface area contributed by atoms with E-state index >= 15 is 0 Å². The molecule has 1 amide bonds. The van der Waals surface area contributed by atoms with E-state index in [2.05, 4.69) is 11.2 Å². The van der Waals surface area contributed by atoms with Crippen molar-refractivity contribution in [3.63, 3.8) is 0 Å². The summed E-state index contributed by atoms with van der Waals surface area (Å²) in [6.07, 6.45) is 1.88. The van der Waals surface area contributed by atoms with E-state index in [1.54, 1.807) is 30.3 Å². The Morgan fingerprint density at radius 1 is 1.22 bits per heavy atom. The number of nitrogens with one attached hydrogen (secondary N) is 1. The topological polar surface area (TPSA) is 62.1 Å². The molecule has 4 nitrogen and oxygen atoms in total. The molecule has 0 spiro atoms. The van der Waals surface area contributed by atoms with Crippen LogP contribution in [0.4, 0.5) is 18.9 Å². The number of hydrogen-bond donors (Lipinski definition) is 1. The van der Waals surface area contributed by atoms with Crippen LogP contribution in [0.2, 0.25) is 0 Å². The number of carbonyl (C=O) groups is 1. The third-order valence-electron chi connectivity index (χ3n) is 3.33. The Kier molecular flexibility index (Phi) is 6.24. The first-order valence-corrected chi connectivity index (χ1v) is 7.60. The molecule has 0 radical (unpaired) electrons. The smallest absolute Gasteiger partial charge is 0.416 e. The van der Waals surface area contributed by atoms with Crippen LogP contribution in [0, 0.1) is 23.7 Å². The van der Waals surface area contributed by atoms with Gasteiger partial charge in [0.15, 0.2) is 0 Å². The second-order valence-electron chi connectivity index (χ2n) is 5.26. The SMILES string of the molecule is C#CCOc1ccc(C=C(C#N)C(=O)Nc2cccc(C(F)(F)F)c2)cc1. The minimum absolute atomic E-state index is 0.0611. The summed E-state index contributed by atoms with van der Waals surface area (Å²) in [6, 6.07) is 12.3. The standard InChI is InChI=1S/C20H13F3N2O2/c1-2-10-27-18-8-6-14(7-9-18)11-15(13-24)19(26)25-17-5-3-4-16(12-17)20(21,22)23/h1,3-9,11-12H,10H2,(H,25,26). The molecule has 7 heteroatoms. The van der Waals surface area contributed by atoms with E-state index in [-0.39, 0.29) is 17.9 Å². The van der Waals surface area contributed by atoms with Crippen LogP contribution in [-0.2, 0) is 11.0 Å². The molecule has 0 aliphatic rings. The van der Waals surface area contributed by atoms with Gasteiger partial charge in [-0.2, -0.15) is 18.4 Å². The second kappa shape index (κ2) is 8.59. The maximum Gasteiger partial charge on any atom is 0.416 e. The molecule has 0 atom stereocenters. The lowest BCUT2D eigenvalue weighted by Crippen LogP contribution is -2.14. The van der Waals surface area contributed by atoms with Crippen LogP contribution >= 0.6 is 0 Å². The van der Waals surface area contributed by atoms with Crippen molar-refractivity contribution in [3.8, 4) is 24.2 Å². The van der Waals surface area contributed by atoms with Gasteiger partial charge in [0, 0.05) is 5.69 Å². The van der Waals surface area contributed by atoms with E-state index in [0.29, 0.717) is 11.3 Å². The van der Waals surface area contributed by atoms with Crippen LogP contribution in [0.25, 0.3) is 6.08 Å². The summed E-state index contributed by atoms with van der Waals surface area (Å²) in [6.45, 7) is 0.109. The number of carbonyl (C=O) groups excluding carboxylic acids is 1.